The predicted octanol–water partition coefficient (Wildman–Crippen LogP) is 6.49. The lowest BCUT2D eigenvalue weighted by Gasteiger charge is -2.22. The van der Waals surface area contributed by atoms with Crippen LogP contribution in [-0.4, -0.2) is 26.2 Å². The van der Waals surface area contributed by atoms with Gasteiger partial charge < -0.3 is 9.47 Å². The van der Waals surface area contributed by atoms with Crippen molar-refractivity contribution >= 4 is 37.0 Å². The number of benzene rings is 1. The maximum absolute atomic E-state index is 10.9. The van der Waals surface area contributed by atoms with E-state index >= 15 is 0 Å². The van der Waals surface area contributed by atoms with Gasteiger partial charge in [0.05, 0.1) is 21.6 Å². The van der Waals surface area contributed by atoms with Crippen molar-refractivity contribution in [3.8, 4) is 5.75 Å². The van der Waals surface area contributed by atoms with Gasteiger partial charge in [-0.1, -0.05) is 48.4 Å². The second kappa shape index (κ2) is 9.23. The van der Waals surface area contributed by atoms with Crippen LogP contribution in [0.5, 0.6) is 5.75 Å². The lowest BCUT2D eigenvalue weighted by Crippen LogP contribution is -2.22. The summed E-state index contributed by atoms with van der Waals surface area (Å²) in [6.07, 6.45) is 4.82. The third kappa shape index (κ3) is 6.96. The fourth-order valence-electron chi connectivity index (χ4n) is 2.71. The van der Waals surface area contributed by atoms with Gasteiger partial charge in [-0.15, -0.1) is 0 Å². The summed E-state index contributed by atoms with van der Waals surface area (Å²) < 4.78 is 11.7. The zero-order chi connectivity index (χ0) is 20.2. The van der Waals surface area contributed by atoms with Crippen molar-refractivity contribution in [1.29, 1.82) is 0 Å². The largest absolute Gasteiger partial charge is 0.455 e. The number of ether oxygens (including phenoxy) is 2. The fourth-order valence-corrected chi connectivity index (χ4v) is 4.01. The third-order valence-electron chi connectivity index (χ3n) is 4.11. The van der Waals surface area contributed by atoms with E-state index in [0.29, 0.717) is 12.4 Å². The van der Waals surface area contributed by atoms with Crippen molar-refractivity contribution in [2.24, 2.45) is 5.92 Å². The molecule has 27 heavy (non-hydrogen) atoms. The number of allylic oxidation sites excluding steroid dienone is 2. The summed E-state index contributed by atoms with van der Waals surface area (Å²) in [5.74, 6) is 1.05. The fraction of sp³-hybridized carbons (Fsp3) is 0.474. The van der Waals surface area contributed by atoms with Gasteiger partial charge in [-0.25, -0.2) is 0 Å². The van der Waals surface area contributed by atoms with E-state index in [1.807, 2.05) is 19.1 Å². The minimum absolute atomic E-state index is 0.106. The molecule has 148 valence electrons. The molecule has 1 unspecified atom stereocenters. The summed E-state index contributed by atoms with van der Waals surface area (Å²) in [6, 6.07) is 3.61. The Labute approximate surface area is 171 Å². The number of non-ortho nitro benzene ring substituents is 1. The Bertz CT molecular complexity index is 748. The van der Waals surface area contributed by atoms with E-state index in [-0.39, 0.29) is 27.4 Å². The molecule has 0 fully saturated rings. The first-order chi connectivity index (χ1) is 12.5. The first-order valence-corrected chi connectivity index (χ1v) is 13.3. The molecule has 0 N–H and O–H groups in total. The maximum Gasteiger partial charge on any atom is 0.272 e. The Morgan fingerprint density at radius 2 is 1.89 bits per heavy atom. The summed E-state index contributed by atoms with van der Waals surface area (Å²) in [7, 11) is -1.10. The maximum atomic E-state index is 10.9. The molecule has 1 aliphatic carbocycles. The number of rotatable bonds is 8. The quantitative estimate of drug-likeness (QED) is 0.205. The lowest BCUT2D eigenvalue weighted by atomic mass is 9.95. The van der Waals surface area contributed by atoms with E-state index in [2.05, 4.69) is 19.6 Å². The summed E-state index contributed by atoms with van der Waals surface area (Å²) in [5.41, 5.74) is 0.996. The van der Waals surface area contributed by atoms with Gasteiger partial charge in [-0.05, 0) is 31.5 Å². The molecule has 0 saturated heterocycles. The minimum atomic E-state index is -1.10. The van der Waals surface area contributed by atoms with Gasteiger partial charge in [0.1, 0.15) is 5.76 Å². The number of nitro groups is 1. The van der Waals surface area contributed by atoms with Gasteiger partial charge in [-0.3, -0.25) is 10.1 Å². The smallest absolute Gasteiger partial charge is 0.272 e. The highest BCUT2D eigenvalue weighted by atomic mass is 35.5. The van der Waals surface area contributed by atoms with Crippen molar-refractivity contribution in [3.63, 3.8) is 0 Å². The van der Waals surface area contributed by atoms with Crippen LogP contribution in [0.3, 0.4) is 0 Å². The first-order valence-electron chi connectivity index (χ1n) is 8.83. The zero-order valence-electron chi connectivity index (χ0n) is 16.1. The van der Waals surface area contributed by atoms with Crippen LogP contribution in [0.4, 0.5) is 5.69 Å². The van der Waals surface area contributed by atoms with Crippen molar-refractivity contribution in [2.45, 2.75) is 39.0 Å². The van der Waals surface area contributed by atoms with Crippen LogP contribution in [-0.2, 0) is 4.74 Å². The molecule has 8 heteroatoms. The van der Waals surface area contributed by atoms with Gasteiger partial charge in [0.25, 0.3) is 5.69 Å². The molecule has 0 saturated carbocycles. The molecule has 2 rings (SSSR count). The molecule has 1 aromatic carbocycles. The highest BCUT2D eigenvalue weighted by molar-refractivity contribution is 6.76. The van der Waals surface area contributed by atoms with Gasteiger partial charge in [0.15, 0.2) is 5.75 Å². The summed E-state index contributed by atoms with van der Waals surface area (Å²) in [6.45, 7) is 10.4. The highest BCUT2D eigenvalue weighted by Gasteiger charge is 2.20. The molecule has 0 bridgehead atoms. The number of halogens is 2. The van der Waals surface area contributed by atoms with Crippen LogP contribution in [0.1, 0.15) is 13.3 Å². The van der Waals surface area contributed by atoms with Crippen LogP contribution >= 0.6 is 23.2 Å². The van der Waals surface area contributed by atoms with Crippen molar-refractivity contribution in [2.75, 3.05) is 13.2 Å². The van der Waals surface area contributed by atoms with E-state index in [1.54, 1.807) is 0 Å². The highest BCUT2D eigenvalue weighted by Crippen LogP contribution is 2.38. The second-order valence-corrected chi connectivity index (χ2v) is 14.4. The average Bonchev–Trinajstić information content (AvgIpc) is 2.53. The van der Waals surface area contributed by atoms with E-state index in [0.717, 1.165) is 19.1 Å². The van der Waals surface area contributed by atoms with Crippen molar-refractivity contribution in [3.05, 3.63) is 55.8 Å². The molecule has 1 aliphatic rings. The Hall–Kier alpha value is -1.34. The molecular weight excluding hydrogens is 405 g/mol. The van der Waals surface area contributed by atoms with Gasteiger partial charge >= 0.3 is 0 Å². The summed E-state index contributed by atoms with van der Waals surface area (Å²) >= 11 is 12.3. The third-order valence-corrected chi connectivity index (χ3v) is 6.38. The summed E-state index contributed by atoms with van der Waals surface area (Å²) in [5, 5.41) is 11.1. The van der Waals surface area contributed by atoms with E-state index < -0.39 is 13.0 Å². The predicted molar refractivity (Wildman–Crippen MR) is 113 cm³/mol. The first kappa shape index (κ1) is 22.0. The van der Waals surface area contributed by atoms with Gasteiger partial charge in [-0.2, -0.15) is 0 Å². The van der Waals surface area contributed by atoms with Crippen LogP contribution in [0.15, 0.2) is 35.6 Å². The minimum Gasteiger partial charge on any atom is -0.455 e. The molecule has 0 aliphatic heterocycles. The molecule has 0 heterocycles. The van der Waals surface area contributed by atoms with Crippen molar-refractivity contribution in [1.82, 2.24) is 0 Å². The molecule has 0 amide bonds. The van der Waals surface area contributed by atoms with E-state index in [9.17, 15) is 10.1 Å². The lowest BCUT2D eigenvalue weighted by molar-refractivity contribution is -0.384. The van der Waals surface area contributed by atoms with Gasteiger partial charge in [0.2, 0.25) is 0 Å². The number of nitrogens with zero attached hydrogens (tertiary/aromatic N) is 1. The van der Waals surface area contributed by atoms with Crippen LogP contribution in [0, 0.1) is 16.0 Å². The Morgan fingerprint density at radius 3 is 2.44 bits per heavy atom. The topological polar surface area (TPSA) is 61.6 Å². The van der Waals surface area contributed by atoms with Crippen LogP contribution < -0.4 is 4.74 Å². The molecule has 1 aromatic rings. The SMILES string of the molecule is CC1=CC(Oc2c(Cl)cc([N+](=O)[O-])cc2Cl)=CC(COCC[Si](C)(C)C)C1. The molecule has 0 spiro atoms. The molecule has 1 atom stereocenters. The summed E-state index contributed by atoms with van der Waals surface area (Å²) in [4.78, 5) is 10.4. The van der Waals surface area contributed by atoms with Crippen LogP contribution in [0.2, 0.25) is 35.7 Å². The Kier molecular flexibility index (Phi) is 7.51. The molecule has 0 radical (unpaired) electrons. The second-order valence-electron chi connectivity index (χ2n) is 8.01. The standard InChI is InChI=1S/C19H25Cl2NO4Si/c1-13-7-14(12-25-5-6-27(2,3)4)9-16(8-13)26-19-17(20)10-15(22(23)24)11-18(19)21/h8-11,14H,5-7,12H2,1-4H3. The number of hydrogen-bond donors (Lipinski definition) is 0. The zero-order valence-corrected chi connectivity index (χ0v) is 18.6. The molecule has 5 nitrogen and oxygen atoms in total. The monoisotopic (exact) mass is 429 g/mol. The van der Waals surface area contributed by atoms with Crippen LogP contribution in [0.25, 0.3) is 0 Å². The normalized spacial score (nSPS) is 17.3. The van der Waals surface area contributed by atoms with Crippen molar-refractivity contribution < 1.29 is 14.4 Å². The Morgan fingerprint density at radius 1 is 1.26 bits per heavy atom. The average molecular weight is 430 g/mol. The van der Waals surface area contributed by atoms with E-state index in [1.165, 1.54) is 17.7 Å². The number of nitro benzene ring substituents is 1. The molecular formula is C19H25Cl2NO4Si. The Balaban J connectivity index is 2.06. The number of hydrogen-bond acceptors (Lipinski definition) is 4. The molecule has 0 aromatic heterocycles. The van der Waals surface area contributed by atoms with Gasteiger partial charge in [0, 0.05) is 32.7 Å². The van der Waals surface area contributed by atoms with E-state index in [4.69, 9.17) is 32.7 Å².